The summed E-state index contributed by atoms with van der Waals surface area (Å²) in [4.78, 5) is 4.19. The van der Waals surface area contributed by atoms with Crippen LogP contribution in [0.1, 0.15) is 12.5 Å². The van der Waals surface area contributed by atoms with Crippen molar-refractivity contribution in [2.75, 3.05) is 21.3 Å². The standard InChI is InChI=1S/C15H18N4O3S/c1-8-10(7-16)13(19(23)15(17)18-8)9-5-11(20-2)14(22-4)12(6-9)21-3/h5-6,15,23H,17H2,1-4H3. The summed E-state index contributed by atoms with van der Waals surface area (Å²) < 4.78 is 17.5. The van der Waals surface area contributed by atoms with E-state index in [9.17, 15) is 5.26 Å². The molecule has 7 nitrogen and oxygen atoms in total. The largest absolute Gasteiger partial charge is 0.493 e. The number of hydrogen-bond acceptors (Lipinski definition) is 8. The minimum absolute atomic E-state index is 0.385. The van der Waals surface area contributed by atoms with Gasteiger partial charge in [-0.2, -0.15) is 5.26 Å². The number of hydrogen-bond donors (Lipinski definition) is 2. The van der Waals surface area contributed by atoms with Crippen LogP contribution in [0, 0.1) is 11.3 Å². The van der Waals surface area contributed by atoms with E-state index in [4.69, 9.17) is 19.9 Å². The van der Waals surface area contributed by atoms with Crippen molar-refractivity contribution >= 4 is 24.2 Å². The van der Waals surface area contributed by atoms with Crippen LogP contribution < -0.4 is 19.9 Å². The summed E-state index contributed by atoms with van der Waals surface area (Å²) in [5.74, 6) is 1.42. The molecular formula is C15H18N4O3S. The molecule has 1 heterocycles. The molecule has 2 N–H and O–H groups in total. The highest BCUT2D eigenvalue weighted by Gasteiger charge is 2.27. The van der Waals surface area contributed by atoms with Crippen LogP contribution in [-0.2, 0) is 0 Å². The summed E-state index contributed by atoms with van der Waals surface area (Å²) in [6.07, 6.45) is -0.690. The Morgan fingerprint density at radius 3 is 2.22 bits per heavy atom. The molecule has 1 atom stereocenters. The third kappa shape index (κ3) is 2.93. The van der Waals surface area contributed by atoms with E-state index in [1.807, 2.05) is 0 Å². The minimum Gasteiger partial charge on any atom is -0.493 e. The first-order chi connectivity index (χ1) is 11.0. The van der Waals surface area contributed by atoms with Crippen LogP contribution in [-0.4, -0.2) is 37.6 Å². The number of nitrogens with zero attached hydrogens (tertiary/aromatic N) is 3. The highest BCUT2D eigenvalue weighted by Crippen LogP contribution is 2.42. The fraction of sp³-hybridized carbons (Fsp3) is 0.333. The predicted octanol–water partition coefficient (Wildman–Crippen LogP) is 1.81. The van der Waals surface area contributed by atoms with Crippen LogP contribution in [0.25, 0.3) is 5.70 Å². The molecule has 1 aliphatic rings. The van der Waals surface area contributed by atoms with Gasteiger partial charge in [-0.15, -0.1) is 0 Å². The van der Waals surface area contributed by atoms with Gasteiger partial charge in [0.15, 0.2) is 17.8 Å². The molecular weight excluding hydrogens is 316 g/mol. The summed E-state index contributed by atoms with van der Waals surface area (Å²) >= 11 is 4.37. The molecule has 8 heteroatoms. The molecule has 0 bridgehead atoms. The molecule has 0 radical (unpaired) electrons. The Labute approximate surface area is 140 Å². The topological polar surface area (TPSA) is 93.1 Å². The van der Waals surface area contributed by atoms with Crippen LogP contribution in [0.2, 0.25) is 0 Å². The first-order valence-corrected chi connectivity index (χ1v) is 7.11. The second-order valence-corrected chi connectivity index (χ2v) is 5.15. The average Bonchev–Trinajstić information content (AvgIpc) is 2.56. The summed E-state index contributed by atoms with van der Waals surface area (Å²) in [7, 11) is 4.58. The van der Waals surface area contributed by atoms with Gasteiger partial charge >= 0.3 is 0 Å². The maximum Gasteiger partial charge on any atom is 0.203 e. The molecule has 1 unspecified atom stereocenters. The van der Waals surface area contributed by atoms with E-state index in [0.717, 1.165) is 0 Å². The second-order valence-electron chi connectivity index (χ2n) is 4.72. The van der Waals surface area contributed by atoms with Crippen LogP contribution >= 0.6 is 12.8 Å². The predicted molar refractivity (Wildman–Crippen MR) is 90.5 cm³/mol. The molecule has 0 saturated carbocycles. The second kappa shape index (κ2) is 6.81. The number of thiol groups is 1. The number of benzene rings is 1. The molecule has 1 aromatic rings. The number of aliphatic imine (C=N–C) groups is 1. The van der Waals surface area contributed by atoms with Crippen LogP contribution in [0.3, 0.4) is 0 Å². The summed E-state index contributed by atoms with van der Waals surface area (Å²) in [6, 6.07) is 5.62. The molecule has 0 saturated heterocycles. The summed E-state index contributed by atoms with van der Waals surface area (Å²) in [6.45, 7) is 1.73. The highest BCUT2D eigenvalue weighted by atomic mass is 32.1. The molecule has 1 aromatic carbocycles. The van der Waals surface area contributed by atoms with Gasteiger partial charge in [0.25, 0.3) is 0 Å². The van der Waals surface area contributed by atoms with Gasteiger partial charge in [0, 0.05) is 5.56 Å². The van der Waals surface area contributed by atoms with Crippen molar-refractivity contribution in [2.45, 2.75) is 13.2 Å². The molecule has 0 fully saturated rings. The fourth-order valence-electron chi connectivity index (χ4n) is 2.36. The Kier molecular flexibility index (Phi) is 5.03. The fourth-order valence-corrected chi connectivity index (χ4v) is 2.63. The molecule has 0 aliphatic carbocycles. The van der Waals surface area contributed by atoms with E-state index in [0.29, 0.717) is 39.8 Å². The smallest absolute Gasteiger partial charge is 0.203 e. The Bertz CT molecular complexity index is 699. The molecule has 23 heavy (non-hydrogen) atoms. The van der Waals surface area contributed by atoms with Crippen molar-refractivity contribution in [3.8, 4) is 23.3 Å². The Morgan fingerprint density at radius 2 is 1.78 bits per heavy atom. The lowest BCUT2D eigenvalue weighted by molar-refractivity contribution is 0.324. The van der Waals surface area contributed by atoms with Gasteiger partial charge in [-0.25, -0.2) is 4.99 Å². The molecule has 0 aromatic heterocycles. The van der Waals surface area contributed by atoms with Crippen molar-refractivity contribution in [3.05, 3.63) is 23.3 Å². The Balaban J connectivity index is 2.74. The summed E-state index contributed by atoms with van der Waals surface area (Å²) in [5, 5.41) is 9.47. The Hall–Kier alpha value is -2.37. The van der Waals surface area contributed by atoms with E-state index >= 15 is 0 Å². The van der Waals surface area contributed by atoms with Crippen molar-refractivity contribution in [3.63, 3.8) is 0 Å². The van der Waals surface area contributed by atoms with E-state index in [1.165, 1.54) is 25.6 Å². The highest BCUT2D eigenvalue weighted by molar-refractivity contribution is 7.78. The number of nitrogens with two attached hydrogens (primary N) is 1. The lowest BCUT2D eigenvalue weighted by Gasteiger charge is -2.30. The average molecular weight is 334 g/mol. The zero-order chi connectivity index (χ0) is 17.1. The van der Waals surface area contributed by atoms with Gasteiger partial charge in [0.2, 0.25) is 5.75 Å². The van der Waals surface area contributed by atoms with E-state index in [-0.39, 0.29) is 0 Å². The van der Waals surface area contributed by atoms with Crippen molar-refractivity contribution in [1.82, 2.24) is 4.31 Å². The van der Waals surface area contributed by atoms with Crippen LogP contribution in [0.5, 0.6) is 17.2 Å². The van der Waals surface area contributed by atoms with Crippen molar-refractivity contribution in [2.24, 2.45) is 10.7 Å². The third-order valence-corrected chi connectivity index (χ3v) is 3.89. The number of rotatable bonds is 4. The van der Waals surface area contributed by atoms with Gasteiger partial charge in [0.1, 0.15) is 6.07 Å². The molecule has 0 amide bonds. The maximum absolute atomic E-state index is 9.47. The lowest BCUT2D eigenvalue weighted by Crippen LogP contribution is -2.37. The number of nitriles is 1. The normalized spacial score (nSPS) is 17.5. The Morgan fingerprint density at radius 1 is 1.22 bits per heavy atom. The number of ether oxygens (including phenoxy) is 3. The van der Waals surface area contributed by atoms with E-state index in [2.05, 4.69) is 23.9 Å². The van der Waals surface area contributed by atoms with E-state index in [1.54, 1.807) is 19.1 Å². The monoisotopic (exact) mass is 334 g/mol. The summed E-state index contributed by atoms with van der Waals surface area (Å²) in [5.41, 5.74) is 8.08. The zero-order valence-corrected chi connectivity index (χ0v) is 14.2. The molecule has 2 rings (SSSR count). The lowest BCUT2D eigenvalue weighted by atomic mass is 10.0. The zero-order valence-electron chi connectivity index (χ0n) is 13.3. The number of methoxy groups -OCH3 is 3. The minimum atomic E-state index is -0.690. The van der Waals surface area contributed by atoms with Gasteiger partial charge in [-0.3, -0.25) is 10.0 Å². The van der Waals surface area contributed by atoms with Crippen molar-refractivity contribution in [1.29, 1.82) is 5.26 Å². The molecule has 122 valence electrons. The van der Waals surface area contributed by atoms with Crippen LogP contribution in [0.15, 0.2) is 22.7 Å². The number of allylic oxidation sites excluding steroid dienone is 1. The first-order valence-electron chi connectivity index (χ1n) is 6.71. The van der Waals surface area contributed by atoms with Gasteiger partial charge in [-0.05, 0) is 19.1 Å². The van der Waals surface area contributed by atoms with Gasteiger partial charge < -0.3 is 14.2 Å². The first kappa shape index (κ1) is 17.0. The quantitative estimate of drug-likeness (QED) is 0.816. The molecule has 1 aliphatic heterocycles. The van der Waals surface area contributed by atoms with Crippen LogP contribution in [0.4, 0.5) is 0 Å². The van der Waals surface area contributed by atoms with Gasteiger partial charge in [-0.1, -0.05) is 12.8 Å². The van der Waals surface area contributed by atoms with E-state index < -0.39 is 6.29 Å². The van der Waals surface area contributed by atoms with Crippen molar-refractivity contribution < 1.29 is 14.2 Å². The maximum atomic E-state index is 9.47. The SMILES string of the molecule is COc1cc(C2=C(C#N)C(C)=NC(N)N2S)cc(OC)c1OC. The third-order valence-electron chi connectivity index (χ3n) is 3.45. The van der Waals surface area contributed by atoms with Gasteiger partial charge in [0.05, 0.1) is 38.3 Å². The molecule has 0 spiro atoms.